The van der Waals surface area contributed by atoms with Crippen LogP contribution in [0.3, 0.4) is 0 Å². The fourth-order valence-electron chi connectivity index (χ4n) is 2.49. The second kappa shape index (κ2) is 6.78. The molecule has 2 aromatic rings. The van der Waals surface area contributed by atoms with Gasteiger partial charge in [0.05, 0.1) is 35.6 Å². The van der Waals surface area contributed by atoms with E-state index in [2.05, 4.69) is 11.1 Å². The molecule has 1 aliphatic rings. The summed E-state index contributed by atoms with van der Waals surface area (Å²) >= 11 is 6.21. The summed E-state index contributed by atoms with van der Waals surface area (Å²) in [6.45, 7) is 1.02. The van der Waals surface area contributed by atoms with Crippen LogP contribution in [0, 0.1) is 11.3 Å². The van der Waals surface area contributed by atoms with Crippen LogP contribution >= 0.6 is 11.6 Å². The van der Waals surface area contributed by atoms with Crippen molar-refractivity contribution in [1.82, 2.24) is 9.88 Å². The normalized spacial score (nSPS) is 17.6. The third-order valence-electron chi connectivity index (χ3n) is 3.70. The van der Waals surface area contributed by atoms with Crippen molar-refractivity contribution in [1.29, 1.82) is 5.26 Å². The van der Waals surface area contributed by atoms with Crippen molar-refractivity contribution in [2.45, 2.75) is 6.04 Å². The molecule has 0 aliphatic carbocycles. The van der Waals surface area contributed by atoms with E-state index in [0.29, 0.717) is 23.7 Å². The zero-order valence-electron chi connectivity index (χ0n) is 12.3. The molecule has 5 nitrogen and oxygen atoms in total. The molecule has 3 rings (SSSR count). The molecule has 2 heterocycles. The van der Waals surface area contributed by atoms with Crippen molar-refractivity contribution in [2.75, 3.05) is 19.8 Å². The topological polar surface area (TPSA) is 66.2 Å². The lowest BCUT2D eigenvalue weighted by Crippen LogP contribution is -2.48. The number of ether oxygens (including phenoxy) is 1. The first-order valence-corrected chi connectivity index (χ1v) is 7.58. The van der Waals surface area contributed by atoms with E-state index in [4.69, 9.17) is 16.3 Å². The van der Waals surface area contributed by atoms with Gasteiger partial charge in [0, 0.05) is 18.3 Å². The molecular weight excluding hydrogens is 314 g/mol. The van der Waals surface area contributed by atoms with Crippen molar-refractivity contribution in [3.05, 3.63) is 53.2 Å². The summed E-state index contributed by atoms with van der Waals surface area (Å²) in [5.41, 5.74) is 1.94. The number of aromatic nitrogens is 1. The van der Waals surface area contributed by atoms with E-state index in [1.54, 1.807) is 18.3 Å². The molecule has 1 fully saturated rings. The first-order chi connectivity index (χ1) is 11.2. The highest BCUT2D eigenvalue weighted by Gasteiger charge is 2.29. The molecule has 1 atom stereocenters. The van der Waals surface area contributed by atoms with E-state index in [-0.39, 0.29) is 12.5 Å². The molecule has 1 unspecified atom stereocenters. The molecule has 1 saturated heterocycles. The van der Waals surface area contributed by atoms with Gasteiger partial charge in [-0.2, -0.15) is 5.26 Å². The molecule has 1 aliphatic heterocycles. The number of nitriles is 1. The molecule has 0 saturated carbocycles. The molecule has 0 spiro atoms. The Balaban J connectivity index is 1.96. The number of halogens is 1. The summed E-state index contributed by atoms with van der Waals surface area (Å²) in [7, 11) is 0. The Bertz CT molecular complexity index is 758. The molecule has 0 radical (unpaired) electrons. The van der Waals surface area contributed by atoms with Crippen LogP contribution < -0.4 is 0 Å². The van der Waals surface area contributed by atoms with Gasteiger partial charge in [-0.3, -0.25) is 9.78 Å². The molecule has 1 amide bonds. The highest BCUT2D eigenvalue weighted by atomic mass is 35.5. The smallest absolute Gasteiger partial charge is 0.256 e. The number of hydrogen-bond donors (Lipinski definition) is 0. The summed E-state index contributed by atoms with van der Waals surface area (Å²) in [5, 5.41) is 9.55. The van der Waals surface area contributed by atoms with Crippen LogP contribution in [0.2, 0.25) is 5.02 Å². The predicted octanol–water partition coefficient (Wildman–Crippen LogP) is 2.77. The van der Waals surface area contributed by atoms with Crippen LogP contribution in [-0.2, 0) is 4.74 Å². The largest absolute Gasteiger partial charge is 0.376 e. The van der Waals surface area contributed by atoms with E-state index < -0.39 is 6.04 Å². The van der Waals surface area contributed by atoms with E-state index in [9.17, 15) is 10.1 Å². The van der Waals surface area contributed by atoms with Gasteiger partial charge in [0.15, 0.2) is 0 Å². The standard InChI is InChI=1S/C17H14ClN3O2/c18-15-5-4-12(16-3-1-2-6-20-16)9-14(15)17(22)21-7-8-23-11-13(21)10-19/h1-6,9,13H,7-8,11H2. The molecule has 1 aromatic carbocycles. The average Bonchev–Trinajstić information content (AvgIpc) is 2.62. The third kappa shape index (κ3) is 3.19. The number of carbonyl (C=O) groups excluding carboxylic acids is 1. The molecule has 6 heteroatoms. The summed E-state index contributed by atoms with van der Waals surface area (Å²) in [6, 6.07) is 12.3. The lowest BCUT2D eigenvalue weighted by molar-refractivity contribution is 0.0132. The Morgan fingerprint density at radius 2 is 2.26 bits per heavy atom. The van der Waals surface area contributed by atoms with Gasteiger partial charge in [-0.15, -0.1) is 0 Å². The SMILES string of the molecule is N#CC1COCCN1C(=O)c1cc(-c2ccccn2)ccc1Cl. The van der Waals surface area contributed by atoms with E-state index in [0.717, 1.165) is 11.3 Å². The monoisotopic (exact) mass is 327 g/mol. The molecule has 116 valence electrons. The summed E-state index contributed by atoms with van der Waals surface area (Å²) < 4.78 is 5.25. The van der Waals surface area contributed by atoms with Crippen molar-refractivity contribution < 1.29 is 9.53 Å². The zero-order valence-corrected chi connectivity index (χ0v) is 13.0. The van der Waals surface area contributed by atoms with E-state index >= 15 is 0 Å². The maximum Gasteiger partial charge on any atom is 0.256 e. The van der Waals surface area contributed by atoms with Crippen molar-refractivity contribution in [3.8, 4) is 17.3 Å². The van der Waals surface area contributed by atoms with Gasteiger partial charge in [-0.05, 0) is 24.3 Å². The minimum atomic E-state index is -0.592. The fourth-order valence-corrected chi connectivity index (χ4v) is 2.69. The Hall–Kier alpha value is -2.42. The maximum atomic E-state index is 12.8. The van der Waals surface area contributed by atoms with Crippen LogP contribution in [0.4, 0.5) is 0 Å². The van der Waals surface area contributed by atoms with Gasteiger partial charge >= 0.3 is 0 Å². The minimum absolute atomic E-state index is 0.222. The van der Waals surface area contributed by atoms with Gasteiger partial charge in [0.1, 0.15) is 6.04 Å². The van der Waals surface area contributed by atoms with Crippen LogP contribution in [0.15, 0.2) is 42.6 Å². The Morgan fingerprint density at radius 1 is 1.39 bits per heavy atom. The molecular formula is C17H14ClN3O2. The van der Waals surface area contributed by atoms with Crippen molar-refractivity contribution in [3.63, 3.8) is 0 Å². The maximum absolute atomic E-state index is 12.8. The Labute approximate surface area is 139 Å². The lowest BCUT2D eigenvalue weighted by Gasteiger charge is -2.31. The first kappa shape index (κ1) is 15.5. The number of morpholine rings is 1. The van der Waals surface area contributed by atoms with Gasteiger partial charge in [-0.25, -0.2) is 0 Å². The average molecular weight is 328 g/mol. The van der Waals surface area contributed by atoms with Gasteiger partial charge in [0.2, 0.25) is 0 Å². The summed E-state index contributed by atoms with van der Waals surface area (Å²) in [6.07, 6.45) is 1.69. The predicted molar refractivity (Wildman–Crippen MR) is 85.9 cm³/mol. The number of nitrogens with zero attached hydrogens (tertiary/aromatic N) is 3. The van der Waals surface area contributed by atoms with Gasteiger partial charge < -0.3 is 9.64 Å². The zero-order chi connectivity index (χ0) is 16.2. The number of hydrogen-bond acceptors (Lipinski definition) is 4. The van der Waals surface area contributed by atoms with Gasteiger partial charge in [-0.1, -0.05) is 23.7 Å². The highest BCUT2D eigenvalue weighted by molar-refractivity contribution is 6.34. The highest BCUT2D eigenvalue weighted by Crippen LogP contribution is 2.26. The van der Waals surface area contributed by atoms with E-state index in [1.165, 1.54) is 4.90 Å². The van der Waals surface area contributed by atoms with Gasteiger partial charge in [0.25, 0.3) is 5.91 Å². The summed E-state index contributed by atoms with van der Waals surface area (Å²) in [5.74, 6) is -0.261. The van der Waals surface area contributed by atoms with Crippen LogP contribution in [0.25, 0.3) is 11.3 Å². The number of benzene rings is 1. The second-order valence-corrected chi connectivity index (χ2v) is 5.54. The fraction of sp³-hybridized carbons (Fsp3) is 0.235. The number of carbonyl (C=O) groups is 1. The lowest BCUT2D eigenvalue weighted by atomic mass is 10.1. The van der Waals surface area contributed by atoms with Crippen molar-refractivity contribution in [2.24, 2.45) is 0 Å². The number of rotatable bonds is 2. The van der Waals surface area contributed by atoms with Crippen LogP contribution in [-0.4, -0.2) is 41.6 Å². The molecule has 23 heavy (non-hydrogen) atoms. The first-order valence-electron chi connectivity index (χ1n) is 7.20. The second-order valence-electron chi connectivity index (χ2n) is 5.13. The quantitative estimate of drug-likeness (QED) is 0.850. The number of pyridine rings is 1. The Morgan fingerprint density at radius 3 is 3.00 bits per heavy atom. The van der Waals surface area contributed by atoms with Crippen LogP contribution in [0.1, 0.15) is 10.4 Å². The Kier molecular flexibility index (Phi) is 4.56. The van der Waals surface area contributed by atoms with E-state index in [1.807, 2.05) is 24.3 Å². The third-order valence-corrected chi connectivity index (χ3v) is 4.03. The minimum Gasteiger partial charge on any atom is -0.376 e. The molecule has 0 N–H and O–H groups in total. The molecule has 1 aromatic heterocycles. The summed E-state index contributed by atoms with van der Waals surface area (Å²) in [4.78, 5) is 18.6. The number of amides is 1. The van der Waals surface area contributed by atoms with Crippen molar-refractivity contribution >= 4 is 17.5 Å². The van der Waals surface area contributed by atoms with Crippen LogP contribution in [0.5, 0.6) is 0 Å². The molecule has 0 bridgehead atoms.